The molecule has 1 aromatic carbocycles. The maximum atomic E-state index is 11.4. The van der Waals surface area contributed by atoms with Crippen molar-refractivity contribution in [1.82, 2.24) is 4.98 Å². The number of nitriles is 1. The number of thioether (sulfide) groups is 1. The molecular formula is C16H14N2O2S. The van der Waals surface area contributed by atoms with Crippen molar-refractivity contribution in [3.63, 3.8) is 0 Å². The first-order chi connectivity index (χ1) is 10.1. The van der Waals surface area contributed by atoms with Gasteiger partial charge in [0.05, 0.1) is 16.7 Å². The Bertz CT molecular complexity index is 680. The van der Waals surface area contributed by atoms with Crippen molar-refractivity contribution < 1.29 is 9.90 Å². The number of carboxylic acid groups (broad SMARTS) is 1. The van der Waals surface area contributed by atoms with Crippen molar-refractivity contribution in [2.24, 2.45) is 0 Å². The van der Waals surface area contributed by atoms with Crippen LogP contribution in [0.25, 0.3) is 0 Å². The Labute approximate surface area is 127 Å². The van der Waals surface area contributed by atoms with E-state index in [4.69, 9.17) is 5.26 Å². The van der Waals surface area contributed by atoms with E-state index >= 15 is 0 Å². The maximum Gasteiger partial charge on any atom is 0.317 e. The number of aliphatic carboxylic acids is 1. The monoisotopic (exact) mass is 298 g/mol. The lowest BCUT2D eigenvalue weighted by atomic mass is 10.1. The van der Waals surface area contributed by atoms with Gasteiger partial charge in [0.2, 0.25) is 0 Å². The van der Waals surface area contributed by atoms with Crippen molar-refractivity contribution >= 4 is 17.7 Å². The highest BCUT2D eigenvalue weighted by atomic mass is 32.2. The summed E-state index contributed by atoms with van der Waals surface area (Å²) in [7, 11) is 0. The van der Waals surface area contributed by atoms with E-state index in [2.05, 4.69) is 11.1 Å². The Kier molecular flexibility index (Phi) is 4.96. The minimum atomic E-state index is -0.884. The van der Waals surface area contributed by atoms with E-state index in [9.17, 15) is 9.90 Å². The van der Waals surface area contributed by atoms with Crippen LogP contribution < -0.4 is 0 Å². The normalized spacial score (nSPS) is 11.6. The first-order valence-electron chi connectivity index (χ1n) is 6.40. The van der Waals surface area contributed by atoms with E-state index in [0.717, 1.165) is 5.56 Å². The van der Waals surface area contributed by atoms with Crippen LogP contribution in [0.15, 0.2) is 47.5 Å². The van der Waals surface area contributed by atoms with Gasteiger partial charge in [-0.2, -0.15) is 5.26 Å². The smallest absolute Gasteiger partial charge is 0.317 e. The molecule has 1 heterocycles. The maximum absolute atomic E-state index is 11.4. The number of nitrogens with zero attached hydrogens (tertiary/aromatic N) is 2. The zero-order valence-corrected chi connectivity index (χ0v) is 12.3. The highest BCUT2D eigenvalue weighted by molar-refractivity contribution is 8.00. The van der Waals surface area contributed by atoms with Gasteiger partial charge >= 0.3 is 5.97 Å². The Hall–Kier alpha value is -2.32. The lowest BCUT2D eigenvalue weighted by Crippen LogP contribution is -2.19. The summed E-state index contributed by atoms with van der Waals surface area (Å²) < 4.78 is 0. The number of hydrogen-bond acceptors (Lipinski definition) is 4. The first-order valence-corrected chi connectivity index (χ1v) is 7.28. The van der Waals surface area contributed by atoms with E-state index in [0.29, 0.717) is 22.7 Å². The van der Waals surface area contributed by atoms with Crippen molar-refractivity contribution in [2.75, 3.05) is 0 Å². The van der Waals surface area contributed by atoms with Crippen LogP contribution in [0.3, 0.4) is 0 Å². The third-order valence-electron chi connectivity index (χ3n) is 2.86. The average molecular weight is 298 g/mol. The fraction of sp³-hybridized carbons (Fsp3) is 0.188. The van der Waals surface area contributed by atoms with Crippen molar-refractivity contribution in [3.05, 3.63) is 59.3 Å². The SMILES string of the molecule is Cc1cc(C#N)cc(SC(Cc2ccccc2)C(=O)O)n1. The summed E-state index contributed by atoms with van der Waals surface area (Å²) in [4.78, 5) is 15.7. The number of carbonyl (C=O) groups is 1. The molecule has 0 fully saturated rings. The highest BCUT2D eigenvalue weighted by Gasteiger charge is 2.20. The number of hydrogen-bond donors (Lipinski definition) is 1. The van der Waals surface area contributed by atoms with Gasteiger partial charge in [-0.25, -0.2) is 4.98 Å². The lowest BCUT2D eigenvalue weighted by Gasteiger charge is -2.12. The molecule has 0 amide bonds. The van der Waals surface area contributed by atoms with Crippen LogP contribution in [-0.4, -0.2) is 21.3 Å². The number of benzene rings is 1. The van der Waals surface area contributed by atoms with Gasteiger partial charge < -0.3 is 5.11 Å². The van der Waals surface area contributed by atoms with Crippen LogP contribution in [0.1, 0.15) is 16.8 Å². The molecule has 2 rings (SSSR count). The molecule has 0 spiro atoms. The Morgan fingerprint density at radius 3 is 2.71 bits per heavy atom. The number of carboxylic acids is 1. The molecule has 1 atom stereocenters. The predicted molar refractivity (Wildman–Crippen MR) is 81.1 cm³/mol. The van der Waals surface area contributed by atoms with E-state index in [1.54, 1.807) is 19.1 Å². The molecule has 0 saturated heterocycles. The van der Waals surface area contributed by atoms with Gasteiger partial charge in [0, 0.05) is 5.69 Å². The lowest BCUT2D eigenvalue weighted by molar-refractivity contribution is -0.136. The molecule has 2 aromatic rings. The molecule has 0 bridgehead atoms. The Morgan fingerprint density at radius 1 is 1.38 bits per heavy atom. The number of aromatic nitrogens is 1. The Morgan fingerprint density at radius 2 is 2.10 bits per heavy atom. The predicted octanol–water partition coefficient (Wildman–Crippen LogP) is 3.05. The molecule has 0 saturated carbocycles. The molecule has 4 nitrogen and oxygen atoms in total. The summed E-state index contributed by atoms with van der Waals surface area (Å²) in [6, 6.07) is 14.8. The molecule has 1 aromatic heterocycles. The van der Waals surface area contributed by atoms with Gasteiger partial charge in [-0.05, 0) is 31.0 Å². The van der Waals surface area contributed by atoms with Crippen molar-refractivity contribution in [1.29, 1.82) is 5.26 Å². The topological polar surface area (TPSA) is 74.0 Å². The zero-order valence-electron chi connectivity index (χ0n) is 11.5. The zero-order chi connectivity index (χ0) is 15.2. The van der Waals surface area contributed by atoms with E-state index in [1.165, 1.54) is 11.8 Å². The van der Waals surface area contributed by atoms with Crippen LogP contribution in [0.4, 0.5) is 0 Å². The van der Waals surface area contributed by atoms with Crippen LogP contribution in [-0.2, 0) is 11.2 Å². The summed E-state index contributed by atoms with van der Waals surface area (Å²) in [6.45, 7) is 1.79. The van der Waals surface area contributed by atoms with Gasteiger partial charge in [-0.15, -0.1) is 0 Å². The van der Waals surface area contributed by atoms with E-state index in [1.807, 2.05) is 30.3 Å². The molecule has 0 aliphatic carbocycles. The van der Waals surface area contributed by atoms with E-state index < -0.39 is 11.2 Å². The second-order valence-corrected chi connectivity index (χ2v) is 5.80. The van der Waals surface area contributed by atoms with Crippen LogP contribution in [0.5, 0.6) is 0 Å². The number of pyridine rings is 1. The second kappa shape index (κ2) is 6.91. The van der Waals surface area contributed by atoms with Gasteiger partial charge in [0.1, 0.15) is 5.25 Å². The van der Waals surface area contributed by atoms with E-state index in [-0.39, 0.29) is 0 Å². The van der Waals surface area contributed by atoms with Crippen molar-refractivity contribution in [3.8, 4) is 6.07 Å². The quantitative estimate of drug-likeness (QED) is 0.859. The Balaban J connectivity index is 2.19. The van der Waals surface area contributed by atoms with Gasteiger partial charge in [-0.3, -0.25) is 4.79 Å². The summed E-state index contributed by atoms with van der Waals surface area (Å²) in [6.07, 6.45) is 0.415. The highest BCUT2D eigenvalue weighted by Crippen LogP contribution is 2.25. The summed E-state index contributed by atoms with van der Waals surface area (Å²) >= 11 is 1.17. The summed E-state index contributed by atoms with van der Waals surface area (Å²) in [5.74, 6) is -0.884. The molecule has 0 aliphatic heterocycles. The van der Waals surface area contributed by atoms with Crippen molar-refractivity contribution in [2.45, 2.75) is 23.6 Å². The van der Waals surface area contributed by atoms with Crippen LogP contribution >= 0.6 is 11.8 Å². The molecule has 5 heteroatoms. The summed E-state index contributed by atoms with van der Waals surface area (Å²) in [5.41, 5.74) is 2.17. The largest absolute Gasteiger partial charge is 0.480 e. The van der Waals surface area contributed by atoms with Gasteiger partial charge in [-0.1, -0.05) is 42.1 Å². The molecule has 21 heavy (non-hydrogen) atoms. The molecular weight excluding hydrogens is 284 g/mol. The van der Waals surface area contributed by atoms with Gasteiger partial charge in [0.25, 0.3) is 0 Å². The molecule has 0 aliphatic rings. The van der Waals surface area contributed by atoms with Crippen LogP contribution in [0, 0.1) is 18.3 Å². The molecule has 1 unspecified atom stereocenters. The molecule has 106 valence electrons. The van der Waals surface area contributed by atoms with Gasteiger partial charge in [0.15, 0.2) is 0 Å². The number of aryl methyl sites for hydroxylation is 1. The first kappa shape index (κ1) is 15.1. The third-order valence-corrected chi connectivity index (χ3v) is 3.96. The molecule has 1 N–H and O–H groups in total. The van der Waals surface area contributed by atoms with Crippen LogP contribution in [0.2, 0.25) is 0 Å². The molecule has 0 radical (unpaired) electrons. The fourth-order valence-corrected chi connectivity index (χ4v) is 2.98. The average Bonchev–Trinajstić information content (AvgIpc) is 2.47. The standard InChI is InChI=1S/C16H14N2O2S/c1-11-7-13(10-17)9-15(18-11)21-14(16(19)20)8-12-5-3-2-4-6-12/h2-7,9,14H,8H2,1H3,(H,19,20). The fourth-order valence-electron chi connectivity index (χ4n) is 1.92. The third kappa shape index (κ3) is 4.33. The summed E-state index contributed by atoms with van der Waals surface area (Å²) in [5, 5.41) is 18.3. The minimum absolute atomic E-state index is 0.415. The number of rotatable bonds is 5. The second-order valence-electron chi connectivity index (χ2n) is 4.58. The minimum Gasteiger partial charge on any atom is -0.480 e.